The molecule has 5 heteroatoms. The van der Waals surface area contributed by atoms with E-state index in [4.69, 9.17) is 4.74 Å². The zero-order valence-electron chi connectivity index (χ0n) is 12.8. The number of thiazole rings is 1. The highest BCUT2D eigenvalue weighted by Crippen LogP contribution is 2.28. The number of imidazole rings is 1. The normalized spacial score (nSPS) is 10.8. The van der Waals surface area contributed by atoms with Crippen molar-refractivity contribution < 1.29 is 9.53 Å². The Kier molecular flexibility index (Phi) is 3.84. The molecule has 2 heterocycles. The van der Waals surface area contributed by atoms with E-state index in [-0.39, 0.29) is 0 Å². The van der Waals surface area contributed by atoms with Gasteiger partial charge in [0.2, 0.25) is 0 Å². The number of rotatable bonds is 5. The van der Waals surface area contributed by atoms with Gasteiger partial charge in [-0.1, -0.05) is 42.5 Å². The SMILES string of the molecule is O=Cc1c(-c2cccc(OCc3ccccc3)c2)nc2sccn12. The molecule has 0 saturated carbocycles. The second kappa shape index (κ2) is 6.29. The number of aldehydes is 1. The molecule has 0 spiro atoms. The lowest BCUT2D eigenvalue weighted by Crippen LogP contribution is -1.95. The Morgan fingerprint density at radius 2 is 2.00 bits per heavy atom. The zero-order chi connectivity index (χ0) is 16.4. The smallest absolute Gasteiger partial charge is 0.194 e. The maximum absolute atomic E-state index is 11.5. The lowest BCUT2D eigenvalue weighted by molar-refractivity contribution is 0.111. The first-order valence-corrected chi connectivity index (χ1v) is 8.41. The van der Waals surface area contributed by atoms with E-state index >= 15 is 0 Å². The molecule has 0 aliphatic heterocycles. The number of carbonyl (C=O) groups excluding carboxylic acids is 1. The Bertz CT molecular complexity index is 989. The maximum Gasteiger partial charge on any atom is 0.194 e. The fourth-order valence-electron chi connectivity index (χ4n) is 2.60. The van der Waals surface area contributed by atoms with Gasteiger partial charge in [0, 0.05) is 17.1 Å². The third-order valence-electron chi connectivity index (χ3n) is 3.77. The largest absolute Gasteiger partial charge is 0.489 e. The predicted molar refractivity (Wildman–Crippen MR) is 94.7 cm³/mol. The summed E-state index contributed by atoms with van der Waals surface area (Å²) in [5.74, 6) is 0.754. The van der Waals surface area contributed by atoms with Crippen molar-refractivity contribution in [3.8, 4) is 17.0 Å². The molecule has 0 radical (unpaired) electrons. The lowest BCUT2D eigenvalue weighted by atomic mass is 10.1. The Morgan fingerprint density at radius 3 is 2.83 bits per heavy atom. The van der Waals surface area contributed by atoms with Crippen molar-refractivity contribution >= 4 is 22.6 Å². The standard InChI is InChI=1S/C19H14N2O2S/c22-12-17-18(20-19-21(17)9-10-24-19)15-7-4-8-16(11-15)23-13-14-5-2-1-3-6-14/h1-12H,13H2. The minimum Gasteiger partial charge on any atom is -0.489 e. The van der Waals surface area contributed by atoms with E-state index in [0.29, 0.717) is 18.0 Å². The van der Waals surface area contributed by atoms with Crippen molar-refractivity contribution in [3.05, 3.63) is 77.4 Å². The summed E-state index contributed by atoms with van der Waals surface area (Å²) >= 11 is 1.51. The molecule has 0 aliphatic rings. The summed E-state index contributed by atoms with van der Waals surface area (Å²) in [6.07, 6.45) is 2.70. The Hall–Kier alpha value is -2.92. The fourth-order valence-corrected chi connectivity index (χ4v) is 3.32. The minimum atomic E-state index is 0.503. The summed E-state index contributed by atoms with van der Waals surface area (Å²) in [7, 11) is 0. The van der Waals surface area contributed by atoms with Gasteiger partial charge in [0.05, 0.1) is 0 Å². The van der Waals surface area contributed by atoms with Crippen LogP contribution < -0.4 is 4.74 Å². The summed E-state index contributed by atoms with van der Waals surface area (Å²) in [5, 5.41) is 1.92. The van der Waals surface area contributed by atoms with Gasteiger partial charge in [-0.25, -0.2) is 4.98 Å². The van der Waals surface area contributed by atoms with Crippen molar-refractivity contribution in [2.24, 2.45) is 0 Å². The summed E-state index contributed by atoms with van der Waals surface area (Å²) < 4.78 is 7.67. The molecule has 4 aromatic rings. The first kappa shape index (κ1) is 14.7. The number of fused-ring (bicyclic) bond motifs is 1. The Morgan fingerprint density at radius 1 is 1.12 bits per heavy atom. The number of aromatic nitrogens is 2. The molecule has 24 heavy (non-hydrogen) atoms. The highest BCUT2D eigenvalue weighted by atomic mass is 32.1. The van der Waals surface area contributed by atoms with Crippen LogP contribution in [0.4, 0.5) is 0 Å². The van der Waals surface area contributed by atoms with E-state index in [9.17, 15) is 4.79 Å². The van der Waals surface area contributed by atoms with Crippen LogP contribution in [0.5, 0.6) is 5.75 Å². The Balaban J connectivity index is 1.64. The molecule has 4 nitrogen and oxygen atoms in total. The van der Waals surface area contributed by atoms with Crippen molar-refractivity contribution in [3.63, 3.8) is 0 Å². The quantitative estimate of drug-likeness (QED) is 0.506. The highest BCUT2D eigenvalue weighted by molar-refractivity contribution is 7.15. The number of hydrogen-bond acceptors (Lipinski definition) is 4. The molecule has 2 aromatic carbocycles. The highest BCUT2D eigenvalue weighted by Gasteiger charge is 2.14. The van der Waals surface area contributed by atoms with Gasteiger partial charge in [-0.2, -0.15) is 0 Å². The molecule has 0 amide bonds. The van der Waals surface area contributed by atoms with E-state index in [1.165, 1.54) is 11.3 Å². The number of ether oxygens (including phenoxy) is 1. The average molecular weight is 334 g/mol. The third-order valence-corrected chi connectivity index (χ3v) is 4.52. The number of benzene rings is 2. The molecule has 0 N–H and O–H groups in total. The van der Waals surface area contributed by atoms with Crippen LogP contribution in [0, 0.1) is 0 Å². The van der Waals surface area contributed by atoms with Gasteiger partial charge in [0.25, 0.3) is 0 Å². The van der Waals surface area contributed by atoms with Gasteiger partial charge in [0.15, 0.2) is 11.2 Å². The molecule has 0 unspecified atom stereocenters. The van der Waals surface area contributed by atoms with Crippen molar-refractivity contribution in [2.75, 3.05) is 0 Å². The number of nitrogens with zero attached hydrogens (tertiary/aromatic N) is 2. The molecule has 0 atom stereocenters. The predicted octanol–water partition coefficient (Wildman–Crippen LogP) is 4.45. The second-order valence-corrected chi connectivity index (χ2v) is 6.19. The monoisotopic (exact) mass is 334 g/mol. The first-order chi connectivity index (χ1) is 11.8. The third kappa shape index (κ3) is 2.70. The molecule has 0 fully saturated rings. The van der Waals surface area contributed by atoms with E-state index in [1.54, 1.807) is 0 Å². The molecule has 0 aliphatic carbocycles. The lowest BCUT2D eigenvalue weighted by Gasteiger charge is -2.07. The van der Waals surface area contributed by atoms with Crippen molar-refractivity contribution in [2.45, 2.75) is 6.61 Å². The Labute approximate surface area is 143 Å². The van der Waals surface area contributed by atoms with Crippen LogP contribution in [0.3, 0.4) is 0 Å². The fraction of sp³-hybridized carbons (Fsp3) is 0.0526. The van der Waals surface area contributed by atoms with Crippen LogP contribution in [0.1, 0.15) is 16.1 Å². The van der Waals surface area contributed by atoms with Crippen LogP contribution in [0.15, 0.2) is 66.2 Å². The summed E-state index contributed by atoms with van der Waals surface area (Å²) in [4.78, 5) is 16.9. The van der Waals surface area contributed by atoms with E-state index in [1.807, 2.05) is 70.6 Å². The van der Waals surface area contributed by atoms with Gasteiger partial charge < -0.3 is 4.74 Å². The van der Waals surface area contributed by atoms with Crippen LogP contribution in [0.25, 0.3) is 16.2 Å². The van der Waals surface area contributed by atoms with Crippen molar-refractivity contribution in [1.29, 1.82) is 0 Å². The van der Waals surface area contributed by atoms with Gasteiger partial charge in [-0.05, 0) is 17.7 Å². The molecular weight excluding hydrogens is 320 g/mol. The van der Waals surface area contributed by atoms with Gasteiger partial charge >= 0.3 is 0 Å². The van der Waals surface area contributed by atoms with Crippen LogP contribution in [-0.4, -0.2) is 15.7 Å². The van der Waals surface area contributed by atoms with E-state index in [2.05, 4.69) is 4.98 Å². The van der Waals surface area contributed by atoms with Crippen molar-refractivity contribution in [1.82, 2.24) is 9.38 Å². The zero-order valence-corrected chi connectivity index (χ0v) is 13.6. The van der Waals surface area contributed by atoms with Crippen LogP contribution >= 0.6 is 11.3 Å². The average Bonchev–Trinajstić information content (AvgIpc) is 3.22. The maximum atomic E-state index is 11.5. The second-order valence-electron chi connectivity index (χ2n) is 5.32. The van der Waals surface area contributed by atoms with Gasteiger partial charge in [-0.3, -0.25) is 9.20 Å². The van der Waals surface area contributed by atoms with Crippen LogP contribution in [-0.2, 0) is 6.61 Å². The number of hydrogen-bond donors (Lipinski definition) is 0. The summed E-state index contributed by atoms with van der Waals surface area (Å²) in [6, 6.07) is 17.7. The molecule has 2 aromatic heterocycles. The van der Waals surface area contributed by atoms with Gasteiger partial charge in [0.1, 0.15) is 23.7 Å². The first-order valence-electron chi connectivity index (χ1n) is 7.53. The van der Waals surface area contributed by atoms with E-state index < -0.39 is 0 Å². The number of carbonyl (C=O) groups is 1. The molecular formula is C19H14N2O2S. The van der Waals surface area contributed by atoms with Gasteiger partial charge in [-0.15, -0.1) is 11.3 Å². The molecule has 0 bridgehead atoms. The molecule has 0 saturated heterocycles. The minimum absolute atomic E-state index is 0.503. The topological polar surface area (TPSA) is 43.6 Å². The summed E-state index contributed by atoms with van der Waals surface area (Å²) in [6.45, 7) is 0.503. The molecule has 118 valence electrons. The van der Waals surface area contributed by atoms with Crippen LogP contribution in [0.2, 0.25) is 0 Å². The summed E-state index contributed by atoms with van der Waals surface area (Å²) in [5.41, 5.74) is 3.23. The van der Waals surface area contributed by atoms with E-state index in [0.717, 1.165) is 28.1 Å². The molecule has 4 rings (SSSR count).